The van der Waals surface area contributed by atoms with Crippen LogP contribution in [-0.4, -0.2) is 37.3 Å². The number of aliphatic hydroxyl groups is 1. The molecule has 0 saturated carbocycles. The Kier molecular flexibility index (Phi) is 6.30. The second kappa shape index (κ2) is 8.27. The second-order valence-electron chi connectivity index (χ2n) is 4.73. The van der Waals surface area contributed by atoms with Crippen LogP contribution in [0, 0.1) is 0 Å². The zero-order valence-corrected chi connectivity index (χ0v) is 11.2. The minimum Gasteiger partial charge on any atom is -0.394 e. The number of aliphatic hydroxyl groups excluding tert-OH is 1. The Balaban J connectivity index is 1.67. The average molecular weight is 266 g/mol. The van der Waals surface area contributed by atoms with Crippen molar-refractivity contribution in [2.24, 2.45) is 0 Å². The summed E-state index contributed by atoms with van der Waals surface area (Å²) in [6.45, 7) is 1.58. The largest absolute Gasteiger partial charge is 0.394 e. The van der Waals surface area contributed by atoms with Gasteiger partial charge in [0.15, 0.2) is 6.29 Å². The molecular weight excluding hydrogens is 244 g/mol. The van der Waals surface area contributed by atoms with Gasteiger partial charge in [-0.25, -0.2) is 0 Å². The molecule has 1 saturated heterocycles. The van der Waals surface area contributed by atoms with Gasteiger partial charge in [0.2, 0.25) is 0 Å². The van der Waals surface area contributed by atoms with Gasteiger partial charge in [0.05, 0.1) is 19.8 Å². The Morgan fingerprint density at radius 1 is 1.26 bits per heavy atom. The lowest BCUT2D eigenvalue weighted by Gasteiger charge is -2.25. The van der Waals surface area contributed by atoms with E-state index in [1.165, 1.54) is 0 Å². The van der Waals surface area contributed by atoms with Crippen molar-refractivity contribution in [3.05, 3.63) is 35.9 Å². The molecule has 1 N–H and O–H groups in total. The molecule has 4 nitrogen and oxygen atoms in total. The van der Waals surface area contributed by atoms with Crippen molar-refractivity contribution in [3.8, 4) is 0 Å². The van der Waals surface area contributed by atoms with Gasteiger partial charge in [-0.05, 0) is 24.8 Å². The zero-order valence-electron chi connectivity index (χ0n) is 11.2. The molecule has 0 aliphatic carbocycles. The molecule has 0 bridgehead atoms. The molecule has 1 aliphatic heterocycles. The molecular formula is C15H22O4. The Morgan fingerprint density at radius 2 is 2.11 bits per heavy atom. The summed E-state index contributed by atoms with van der Waals surface area (Å²) in [6.07, 6.45) is 2.73. The smallest absolute Gasteiger partial charge is 0.157 e. The molecule has 2 atom stereocenters. The maximum absolute atomic E-state index is 9.29. The highest BCUT2D eigenvalue weighted by molar-refractivity contribution is 5.13. The van der Waals surface area contributed by atoms with E-state index in [1.807, 2.05) is 30.3 Å². The molecule has 1 fully saturated rings. The topological polar surface area (TPSA) is 47.9 Å². The first kappa shape index (κ1) is 14.5. The van der Waals surface area contributed by atoms with Crippen LogP contribution in [0.2, 0.25) is 0 Å². The summed E-state index contributed by atoms with van der Waals surface area (Å²) in [5, 5.41) is 9.29. The Hall–Kier alpha value is -0.940. The van der Waals surface area contributed by atoms with Gasteiger partial charge in [-0.3, -0.25) is 0 Å². The highest BCUT2D eigenvalue weighted by atomic mass is 16.7. The third kappa shape index (κ3) is 5.28. The monoisotopic (exact) mass is 266 g/mol. The van der Waals surface area contributed by atoms with Crippen LogP contribution in [-0.2, 0) is 20.8 Å². The Labute approximate surface area is 114 Å². The molecule has 0 amide bonds. The van der Waals surface area contributed by atoms with E-state index >= 15 is 0 Å². The molecule has 106 valence electrons. The zero-order chi connectivity index (χ0) is 13.3. The molecule has 0 aromatic heterocycles. The van der Waals surface area contributed by atoms with Crippen LogP contribution in [0.3, 0.4) is 0 Å². The highest BCUT2D eigenvalue weighted by Gasteiger charge is 2.17. The van der Waals surface area contributed by atoms with E-state index in [9.17, 15) is 5.11 Å². The predicted molar refractivity (Wildman–Crippen MR) is 71.6 cm³/mol. The fourth-order valence-electron chi connectivity index (χ4n) is 2.00. The van der Waals surface area contributed by atoms with E-state index in [4.69, 9.17) is 14.2 Å². The number of ether oxygens (including phenoxy) is 3. The summed E-state index contributed by atoms with van der Waals surface area (Å²) in [5.41, 5.74) is 1.09. The lowest BCUT2D eigenvalue weighted by atomic mass is 10.2. The fourth-order valence-corrected chi connectivity index (χ4v) is 2.00. The maximum Gasteiger partial charge on any atom is 0.157 e. The van der Waals surface area contributed by atoms with Crippen molar-refractivity contribution in [1.29, 1.82) is 0 Å². The number of benzene rings is 1. The SMILES string of the molecule is OCC(COC1CCCCO1)OCc1ccccc1. The first-order valence-electron chi connectivity index (χ1n) is 6.88. The molecule has 1 aromatic rings. The van der Waals surface area contributed by atoms with Gasteiger partial charge >= 0.3 is 0 Å². The summed E-state index contributed by atoms with van der Waals surface area (Å²) in [4.78, 5) is 0. The van der Waals surface area contributed by atoms with E-state index in [1.54, 1.807) is 0 Å². The van der Waals surface area contributed by atoms with Crippen molar-refractivity contribution in [3.63, 3.8) is 0 Å². The third-order valence-electron chi connectivity index (χ3n) is 3.14. The molecule has 1 heterocycles. The molecule has 2 rings (SSSR count). The van der Waals surface area contributed by atoms with Crippen molar-refractivity contribution >= 4 is 0 Å². The highest BCUT2D eigenvalue weighted by Crippen LogP contribution is 2.14. The minimum atomic E-state index is -0.300. The van der Waals surface area contributed by atoms with Crippen LogP contribution in [0.15, 0.2) is 30.3 Å². The van der Waals surface area contributed by atoms with Gasteiger partial charge in [-0.2, -0.15) is 0 Å². The van der Waals surface area contributed by atoms with Crippen LogP contribution in [0.5, 0.6) is 0 Å². The quantitative estimate of drug-likeness (QED) is 0.821. The summed E-state index contributed by atoms with van der Waals surface area (Å²) < 4.78 is 16.7. The van der Waals surface area contributed by atoms with Crippen LogP contribution >= 0.6 is 0 Å². The lowest BCUT2D eigenvalue weighted by molar-refractivity contribution is -0.184. The van der Waals surface area contributed by atoms with Crippen LogP contribution in [0.25, 0.3) is 0 Å². The number of hydrogen-bond donors (Lipinski definition) is 1. The summed E-state index contributed by atoms with van der Waals surface area (Å²) in [5.74, 6) is 0. The number of rotatable bonds is 7. The fraction of sp³-hybridized carbons (Fsp3) is 0.600. The minimum absolute atomic E-state index is 0.0421. The first-order valence-corrected chi connectivity index (χ1v) is 6.88. The molecule has 19 heavy (non-hydrogen) atoms. The van der Waals surface area contributed by atoms with Crippen LogP contribution in [0.1, 0.15) is 24.8 Å². The summed E-state index contributed by atoms with van der Waals surface area (Å²) in [6, 6.07) is 9.91. The Morgan fingerprint density at radius 3 is 2.79 bits per heavy atom. The summed E-state index contributed by atoms with van der Waals surface area (Å²) in [7, 11) is 0. The molecule has 1 aromatic carbocycles. The van der Waals surface area contributed by atoms with Gasteiger partial charge in [-0.15, -0.1) is 0 Å². The van der Waals surface area contributed by atoms with Crippen molar-refractivity contribution < 1.29 is 19.3 Å². The van der Waals surface area contributed by atoms with Crippen molar-refractivity contribution in [2.75, 3.05) is 19.8 Å². The second-order valence-corrected chi connectivity index (χ2v) is 4.73. The summed E-state index contributed by atoms with van der Waals surface area (Å²) >= 11 is 0. The molecule has 1 aliphatic rings. The van der Waals surface area contributed by atoms with Crippen LogP contribution < -0.4 is 0 Å². The molecule has 2 unspecified atom stereocenters. The van der Waals surface area contributed by atoms with Gasteiger partial charge in [-0.1, -0.05) is 30.3 Å². The van der Waals surface area contributed by atoms with Crippen LogP contribution in [0.4, 0.5) is 0 Å². The van der Waals surface area contributed by atoms with Crippen molar-refractivity contribution in [1.82, 2.24) is 0 Å². The van der Waals surface area contributed by atoms with Gasteiger partial charge in [0.1, 0.15) is 6.10 Å². The molecule has 0 spiro atoms. The standard InChI is InChI=1S/C15H22O4/c16-10-14(12-19-15-8-4-5-9-17-15)18-11-13-6-2-1-3-7-13/h1-3,6-7,14-16H,4-5,8-12H2. The maximum atomic E-state index is 9.29. The predicted octanol–water partition coefficient (Wildman–Crippen LogP) is 2.11. The number of hydrogen-bond acceptors (Lipinski definition) is 4. The van der Waals surface area contributed by atoms with E-state index in [-0.39, 0.29) is 19.0 Å². The van der Waals surface area contributed by atoms with Gasteiger partial charge < -0.3 is 19.3 Å². The van der Waals surface area contributed by atoms with Crippen molar-refractivity contribution in [2.45, 2.75) is 38.3 Å². The van der Waals surface area contributed by atoms with Gasteiger partial charge in [0, 0.05) is 6.61 Å². The van der Waals surface area contributed by atoms with Gasteiger partial charge in [0.25, 0.3) is 0 Å². The molecule has 0 radical (unpaired) electrons. The third-order valence-corrected chi connectivity index (χ3v) is 3.14. The van der Waals surface area contributed by atoms with E-state index in [2.05, 4.69) is 0 Å². The Bertz CT molecular complexity index is 335. The van der Waals surface area contributed by atoms with E-state index < -0.39 is 0 Å². The normalized spacial score (nSPS) is 21.2. The average Bonchev–Trinajstić information content (AvgIpc) is 2.49. The van der Waals surface area contributed by atoms with E-state index in [0.717, 1.165) is 31.4 Å². The van der Waals surface area contributed by atoms with E-state index in [0.29, 0.717) is 13.2 Å². The lowest BCUT2D eigenvalue weighted by Crippen LogP contribution is -2.30. The first-order chi connectivity index (χ1) is 9.38. The molecule has 4 heteroatoms.